The minimum absolute atomic E-state index is 0.764. The minimum Gasteiger partial charge on any atom is -0.456 e. The molecule has 0 aliphatic rings. The second kappa shape index (κ2) is 7.41. The molecule has 0 unspecified atom stereocenters. The summed E-state index contributed by atoms with van der Waals surface area (Å²) in [4.78, 5) is 4.34. The molecule has 0 saturated carbocycles. The van der Waals surface area contributed by atoms with Gasteiger partial charge in [-0.3, -0.25) is 4.98 Å². The van der Waals surface area contributed by atoms with E-state index in [0.717, 1.165) is 41.2 Å². The van der Waals surface area contributed by atoms with E-state index in [4.69, 9.17) is 4.74 Å². The molecule has 20 heavy (non-hydrogen) atoms. The summed E-state index contributed by atoms with van der Waals surface area (Å²) in [7, 11) is 0. The molecule has 0 saturated heterocycles. The Labute approximate surface area is 128 Å². The first-order valence-electron chi connectivity index (χ1n) is 6.78. The fraction of sp³-hybridized carbons (Fsp3) is 0.312. The monoisotopic (exact) mass is 334 g/mol. The molecule has 0 aliphatic heterocycles. The number of nitrogens with one attached hydrogen (secondary N) is 1. The van der Waals surface area contributed by atoms with Crippen molar-refractivity contribution in [1.82, 2.24) is 10.3 Å². The van der Waals surface area contributed by atoms with Crippen LogP contribution >= 0.6 is 15.9 Å². The molecular weight excluding hydrogens is 316 g/mol. The normalized spacial score (nSPS) is 10.6. The number of rotatable bonds is 6. The SMILES string of the molecule is CCCNCc1cc(Oc2ccc(C)cc2Br)ccn1. The average molecular weight is 335 g/mol. The van der Waals surface area contributed by atoms with Gasteiger partial charge in [0.2, 0.25) is 0 Å². The van der Waals surface area contributed by atoms with Crippen LogP contribution in [-0.4, -0.2) is 11.5 Å². The Kier molecular flexibility index (Phi) is 5.56. The molecule has 0 atom stereocenters. The summed E-state index contributed by atoms with van der Waals surface area (Å²) in [6.45, 7) is 5.96. The zero-order chi connectivity index (χ0) is 14.4. The van der Waals surface area contributed by atoms with Crippen molar-refractivity contribution in [3.05, 3.63) is 52.3 Å². The Balaban J connectivity index is 2.07. The molecule has 1 heterocycles. The number of aryl methyl sites for hydroxylation is 1. The number of halogens is 1. The van der Waals surface area contributed by atoms with Crippen molar-refractivity contribution < 1.29 is 4.74 Å². The highest BCUT2D eigenvalue weighted by atomic mass is 79.9. The molecule has 4 heteroatoms. The molecule has 2 rings (SSSR count). The fourth-order valence-corrected chi connectivity index (χ4v) is 2.40. The third kappa shape index (κ3) is 4.32. The highest BCUT2D eigenvalue weighted by Gasteiger charge is 2.04. The largest absolute Gasteiger partial charge is 0.456 e. The fourth-order valence-electron chi connectivity index (χ4n) is 1.83. The van der Waals surface area contributed by atoms with Crippen LogP contribution in [0.2, 0.25) is 0 Å². The van der Waals surface area contributed by atoms with Crippen molar-refractivity contribution in [2.45, 2.75) is 26.8 Å². The second-order valence-electron chi connectivity index (χ2n) is 4.70. The van der Waals surface area contributed by atoms with Crippen molar-refractivity contribution in [2.24, 2.45) is 0 Å². The lowest BCUT2D eigenvalue weighted by Crippen LogP contribution is -2.14. The van der Waals surface area contributed by atoms with Gasteiger partial charge in [0.05, 0.1) is 10.2 Å². The topological polar surface area (TPSA) is 34.1 Å². The van der Waals surface area contributed by atoms with Crippen LogP contribution in [0.15, 0.2) is 41.0 Å². The van der Waals surface area contributed by atoms with Gasteiger partial charge in [-0.25, -0.2) is 0 Å². The van der Waals surface area contributed by atoms with Crippen LogP contribution in [0.3, 0.4) is 0 Å². The molecular formula is C16H19BrN2O. The number of pyridine rings is 1. The van der Waals surface area contributed by atoms with E-state index in [9.17, 15) is 0 Å². The van der Waals surface area contributed by atoms with Crippen LogP contribution in [0.1, 0.15) is 24.6 Å². The van der Waals surface area contributed by atoms with Gasteiger partial charge in [0.15, 0.2) is 0 Å². The summed E-state index contributed by atoms with van der Waals surface area (Å²) in [5, 5.41) is 3.33. The molecule has 1 aromatic heterocycles. The van der Waals surface area contributed by atoms with Crippen LogP contribution in [0.5, 0.6) is 11.5 Å². The van der Waals surface area contributed by atoms with Gasteiger partial charge in [-0.05, 0) is 59.6 Å². The van der Waals surface area contributed by atoms with Gasteiger partial charge < -0.3 is 10.1 Å². The van der Waals surface area contributed by atoms with Gasteiger partial charge in [0.1, 0.15) is 11.5 Å². The molecule has 0 fully saturated rings. The number of hydrogen-bond donors (Lipinski definition) is 1. The Morgan fingerprint density at radius 1 is 1.25 bits per heavy atom. The maximum atomic E-state index is 5.90. The lowest BCUT2D eigenvalue weighted by atomic mass is 10.2. The van der Waals surface area contributed by atoms with Gasteiger partial charge in [-0.1, -0.05) is 13.0 Å². The lowest BCUT2D eigenvalue weighted by Gasteiger charge is -2.09. The van der Waals surface area contributed by atoms with Crippen LogP contribution in [0.4, 0.5) is 0 Å². The van der Waals surface area contributed by atoms with E-state index >= 15 is 0 Å². The van der Waals surface area contributed by atoms with E-state index in [1.165, 1.54) is 5.56 Å². The van der Waals surface area contributed by atoms with Gasteiger partial charge in [0, 0.05) is 18.8 Å². The average Bonchev–Trinajstić information content (AvgIpc) is 2.43. The quantitative estimate of drug-likeness (QED) is 0.792. The number of nitrogens with zero attached hydrogens (tertiary/aromatic N) is 1. The molecule has 106 valence electrons. The van der Waals surface area contributed by atoms with E-state index in [2.05, 4.69) is 40.1 Å². The van der Waals surface area contributed by atoms with Crippen LogP contribution in [0, 0.1) is 6.92 Å². The Morgan fingerprint density at radius 2 is 2.10 bits per heavy atom. The summed E-state index contributed by atoms with van der Waals surface area (Å²) in [5.74, 6) is 1.62. The van der Waals surface area contributed by atoms with Gasteiger partial charge in [0.25, 0.3) is 0 Å². The van der Waals surface area contributed by atoms with Crippen molar-refractivity contribution in [1.29, 1.82) is 0 Å². The molecule has 2 aromatic rings. The zero-order valence-electron chi connectivity index (χ0n) is 11.8. The van der Waals surface area contributed by atoms with E-state index in [-0.39, 0.29) is 0 Å². The third-order valence-corrected chi connectivity index (χ3v) is 3.46. The standard InChI is InChI=1S/C16H19BrN2O/c1-3-7-18-11-13-10-14(6-8-19-13)20-16-5-4-12(2)9-15(16)17/h4-6,8-10,18H,3,7,11H2,1-2H3. The second-order valence-corrected chi connectivity index (χ2v) is 5.55. The minimum atomic E-state index is 0.764. The molecule has 0 amide bonds. The van der Waals surface area contributed by atoms with Crippen molar-refractivity contribution >= 4 is 15.9 Å². The van der Waals surface area contributed by atoms with E-state index < -0.39 is 0 Å². The smallest absolute Gasteiger partial charge is 0.141 e. The number of benzene rings is 1. The van der Waals surface area contributed by atoms with E-state index in [1.54, 1.807) is 6.20 Å². The molecule has 1 N–H and O–H groups in total. The number of hydrogen-bond acceptors (Lipinski definition) is 3. The number of aromatic nitrogens is 1. The maximum absolute atomic E-state index is 5.90. The van der Waals surface area contributed by atoms with Crippen LogP contribution in [0.25, 0.3) is 0 Å². The summed E-state index contributed by atoms with van der Waals surface area (Å²) < 4.78 is 6.85. The summed E-state index contributed by atoms with van der Waals surface area (Å²) >= 11 is 3.52. The van der Waals surface area contributed by atoms with Gasteiger partial charge >= 0.3 is 0 Å². The summed E-state index contributed by atoms with van der Waals surface area (Å²) in [5.41, 5.74) is 2.18. The van der Waals surface area contributed by atoms with Gasteiger partial charge in [-0.15, -0.1) is 0 Å². The summed E-state index contributed by atoms with van der Waals surface area (Å²) in [6, 6.07) is 9.88. The van der Waals surface area contributed by atoms with Crippen molar-refractivity contribution in [3.63, 3.8) is 0 Å². The Bertz CT molecular complexity index is 572. The summed E-state index contributed by atoms with van der Waals surface area (Å²) in [6.07, 6.45) is 2.90. The molecule has 3 nitrogen and oxygen atoms in total. The first kappa shape index (κ1) is 15.0. The highest BCUT2D eigenvalue weighted by molar-refractivity contribution is 9.10. The number of ether oxygens (including phenoxy) is 1. The van der Waals surface area contributed by atoms with E-state index in [0.29, 0.717) is 0 Å². The molecule has 1 aromatic carbocycles. The predicted octanol–water partition coefficient (Wildman–Crippen LogP) is 4.44. The molecule has 0 radical (unpaired) electrons. The Hall–Kier alpha value is -1.39. The Morgan fingerprint density at radius 3 is 2.85 bits per heavy atom. The van der Waals surface area contributed by atoms with Crippen molar-refractivity contribution in [2.75, 3.05) is 6.54 Å². The maximum Gasteiger partial charge on any atom is 0.141 e. The van der Waals surface area contributed by atoms with Crippen LogP contribution < -0.4 is 10.1 Å². The third-order valence-electron chi connectivity index (χ3n) is 2.84. The predicted molar refractivity (Wildman–Crippen MR) is 85.2 cm³/mol. The molecule has 0 spiro atoms. The first-order chi connectivity index (χ1) is 9.69. The first-order valence-corrected chi connectivity index (χ1v) is 7.58. The zero-order valence-corrected chi connectivity index (χ0v) is 13.4. The van der Waals surface area contributed by atoms with Crippen molar-refractivity contribution in [3.8, 4) is 11.5 Å². The van der Waals surface area contributed by atoms with Crippen LogP contribution in [-0.2, 0) is 6.54 Å². The molecule has 0 aliphatic carbocycles. The van der Waals surface area contributed by atoms with Gasteiger partial charge in [-0.2, -0.15) is 0 Å². The highest BCUT2D eigenvalue weighted by Crippen LogP contribution is 2.30. The molecule has 0 bridgehead atoms. The van der Waals surface area contributed by atoms with E-state index in [1.807, 2.05) is 30.3 Å². The lowest BCUT2D eigenvalue weighted by molar-refractivity contribution is 0.477.